The first kappa shape index (κ1) is 15.2. The topological polar surface area (TPSA) is 52.6 Å². The normalized spacial score (nSPS) is 11.1. The first-order valence-electron chi connectivity index (χ1n) is 6.22. The molecule has 1 aromatic rings. The van der Waals surface area contributed by atoms with Gasteiger partial charge in [-0.2, -0.15) is 0 Å². The third kappa shape index (κ3) is 4.10. The number of para-hydroxylation sites is 1. The van der Waals surface area contributed by atoms with Crippen molar-refractivity contribution in [3.05, 3.63) is 42.5 Å². The van der Waals surface area contributed by atoms with E-state index in [9.17, 15) is 9.90 Å². The molecule has 0 saturated heterocycles. The van der Waals surface area contributed by atoms with Crippen LogP contribution in [0.2, 0.25) is 0 Å². The Morgan fingerprint density at radius 2 is 2.05 bits per heavy atom. The molecule has 0 saturated carbocycles. The van der Waals surface area contributed by atoms with E-state index in [1.165, 1.54) is 0 Å². The lowest BCUT2D eigenvalue weighted by Crippen LogP contribution is -2.42. The highest BCUT2D eigenvalue weighted by Crippen LogP contribution is 2.31. The molecule has 1 rings (SSSR count). The van der Waals surface area contributed by atoms with Crippen LogP contribution in [0.1, 0.15) is 32.8 Å². The van der Waals surface area contributed by atoms with Crippen LogP contribution < -0.4 is 10.2 Å². The van der Waals surface area contributed by atoms with Crippen LogP contribution in [0, 0.1) is 0 Å². The van der Waals surface area contributed by atoms with E-state index in [0.717, 1.165) is 10.6 Å². The Morgan fingerprint density at radius 3 is 2.58 bits per heavy atom. The molecule has 0 bridgehead atoms. The highest BCUT2D eigenvalue weighted by molar-refractivity contribution is 5.83. The molecule has 1 aromatic carbocycles. The minimum Gasteiger partial charge on any atom is -0.528 e. The second-order valence-corrected chi connectivity index (χ2v) is 5.24. The molecule has 0 aliphatic rings. The van der Waals surface area contributed by atoms with Gasteiger partial charge in [0.1, 0.15) is 0 Å². The Morgan fingerprint density at radius 1 is 1.42 bits per heavy atom. The highest BCUT2D eigenvalue weighted by atomic mass is 16.7. The Balaban J connectivity index is 3.09. The van der Waals surface area contributed by atoms with Gasteiger partial charge in [0.25, 0.3) is 0 Å². The summed E-state index contributed by atoms with van der Waals surface area (Å²) in [4.78, 5) is 16.5. The zero-order valence-electron chi connectivity index (χ0n) is 11.7. The molecule has 0 aliphatic heterocycles. The molecule has 19 heavy (non-hydrogen) atoms. The van der Waals surface area contributed by atoms with Gasteiger partial charge in [0.2, 0.25) is 0 Å². The molecule has 0 N–H and O–H groups in total. The number of benzene rings is 1. The van der Waals surface area contributed by atoms with Crippen LogP contribution in [0.3, 0.4) is 0 Å². The fourth-order valence-corrected chi connectivity index (χ4v) is 1.73. The quantitative estimate of drug-likeness (QED) is 0.465. The van der Waals surface area contributed by atoms with Gasteiger partial charge in [-0.3, -0.25) is 4.84 Å². The maximum absolute atomic E-state index is 11.2. The number of carbonyl (C=O) groups is 1. The van der Waals surface area contributed by atoms with E-state index < -0.39 is 6.09 Å². The van der Waals surface area contributed by atoms with Crippen molar-refractivity contribution in [1.29, 1.82) is 0 Å². The molecule has 0 heterocycles. The zero-order valence-corrected chi connectivity index (χ0v) is 11.7. The molecule has 1 amide bonds. The van der Waals surface area contributed by atoms with Crippen molar-refractivity contribution in [2.24, 2.45) is 0 Å². The van der Waals surface area contributed by atoms with E-state index in [-0.39, 0.29) is 12.0 Å². The minimum absolute atomic E-state index is 0.188. The number of rotatable bonds is 5. The summed E-state index contributed by atoms with van der Waals surface area (Å²) in [7, 11) is 0. The van der Waals surface area contributed by atoms with Crippen LogP contribution in [-0.2, 0) is 10.3 Å². The van der Waals surface area contributed by atoms with Crippen LogP contribution in [0.15, 0.2) is 36.9 Å². The molecule has 104 valence electrons. The number of carboxylic acid groups (broad SMARTS) is 1. The van der Waals surface area contributed by atoms with Gasteiger partial charge in [-0.1, -0.05) is 45.0 Å². The predicted octanol–water partition coefficient (Wildman–Crippen LogP) is 2.64. The van der Waals surface area contributed by atoms with Crippen molar-refractivity contribution in [3.8, 4) is 0 Å². The molecule has 4 nitrogen and oxygen atoms in total. The molecule has 0 atom stereocenters. The number of anilines is 1. The highest BCUT2D eigenvalue weighted by Gasteiger charge is 2.21. The molecule has 0 fully saturated rings. The van der Waals surface area contributed by atoms with Gasteiger partial charge in [-0.05, 0) is 23.5 Å². The number of carbonyl (C=O) groups excluding carboxylic acids is 1. The van der Waals surface area contributed by atoms with Crippen LogP contribution in [0.5, 0.6) is 0 Å². The average molecular weight is 262 g/mol. The van der Waals surface area contributed by atoms with Crippen LogP contribution in [0.4, 0.5) is 10.5 Å². The summed E-state index contributed by atoms with van der Waals surface area (Å²) in [6, 6.07) is 7.26. The SMILES string of the molecule is C=CCCON(C(=O)[O-])c1ccccc1C(C)(C)C. The fourth-order valence-electron chi connectivity index (χ4n) is 1.73. The number of hydrogen-bond donors (Lipinski definition) is 0. The molecular weight excluding hydrogens is 242 g/mol. The number of amides is 1. The third-order valence-corrected chi connectivity index (χ3v) is 2.64. The number of hydrogen-bond acceptors (Lipinski definition) is 3. The summed E-state index contributed by atoms with van der Waals surface area (Å²) in [6.07, 6.45) is 0.866. The van der Waals surface area contributed by atoms with Gasteiger partial charge < -0.3 is 9.90 Å². The lowest BCUT2D eigenvalue weighted by atomic mass is 9.86. The average Bonchev–Trinajstić information content (AvgIpc) is 2.33. The first-order valence-corrected chi connectivity index (χ1v) is 6.22. The van der Waals surface area contributed by atoms with E-state index in [0.29, 0.717) is 12.1 Å². The summed E-state index contributed by atoms with van der Waals surface area (Å²) in [5, 5.41) is 12.1. The lowest BCUT2D eigenvalue weighted by Gasteiger charge is -2.30. The van der Waals surface area contributed by atoms with Crippen molar-refractivity contribution >= 4 is 11.8 Å². The van der Waals surface area contributed by atoms with Gasteiger partial charge in [0.05, 0.1) is 12.3 Å². The summed E-state index contributed by atoms with van der Waals surface area (Å²) >= 11 is 0. The minimum atomic E-state index is -1.37. The Kier molecular flexibility index (Phi) is 5.12. The number of nitrogens with zero attached hydrogens (tertiary/aromatic N) is 1. The van der Waals surface area contributed by atoms with Gasteiger partial charge in [-0.15, -0.1) is 6.58 Å². The molecule has 0 aromatic heterocycles. The summed E-state index contributed by atoms with van der Waals surface area (Å²) < 4.78 is 0. The van der Waals surface area contributed by atoms with E-state index in [1.807, 2.05) is 32.9 Å². The van der Waals surface area contributed by atoms with Crippen molar-refractivity contribution in [1.82, 2.24) is 0 Å². The Labute approximate surface area is 114 Å². The largest absolute Gasteiger partial charge is 0.528 e. The van der Waals surface area contributed by atoms with Crippen LogP contribution >= 0.6 is 0 Å². The standard InChI is InChI=1S/C15H21NO3/c1-5-6-11-19-16(14(17)18)13-10-8-7-9-12(13)15(2,3)4/h5,7-10H,1,6,11H2,2-4H3,(H,17,18)/p-1. The van der Waals surface area contributed by atoms with E-state index in [2.05, 4.69) is 6.58 Å². The second kappa shape index (κ2) is 6.38. The molecule has 0 aliphatic carbocycles. The van der Waals surface area contributed by atoms with Gasteiger partial charge in [0.15, 0.2) is 6.09 Å². The number of hydroxylamine groups is 1. The molecule has 4 heteroatoms. The summed E-state index contributed by atoms with van der Waals surface area (Å²) in [6.45, 7) is 9.87. The fraction of sp³-hybridized carbons (Fsp3) is 0.400. The van der Waals surface area contributed by atoms with Crippen molar-refractivity contribution < 1.29 is 14.7 Å². The predicted molar refractivity (Wildman–Crippen MR) is 73.8 cm³/mol. The van der Waals surface area contributed by atoms with Gasteiger partial charge >= 0.3 is 0 Å². The van der Waals surface area contributed by atoms with Crippen molar-refractivity contribution in [2.45, 2.75) is 32.6 Å². The van der Waals surface area contributed by atoms with Crippen LogP contribution in [0.25, 0.3) is 0 Å². The van der Waals surface area contributed by atoms with E-state index in [1.54, 1.807) is 18.2 Å². The summed E-state index contributed by atoms with van der Waals surface area (Å²) in [5.41, 5.74) is 1.20. The Hall–Kier alpha value is -1.81. The van der Waals surface area contributed by atoms with Crippen molar-refractivity contribution in [3.63, 3.8) is 0 Å². The summed E-state index contributed by atoms with van der Waals surface area (Å²) in [5.74, 6) is 0. The molecule has 0 spiro atoms. The van der Waals surface area contributed by atoms with Gasteiger partial charge in [-0.25, -0.2) is 5.06 Å². The third-order valence-electron chi connectivity index (χ3n) is 2.64. The molecule has 0 radical (unpaired) electrons. The molecule has 0 unspecified atom stereocenters. The maximum atomic E-state index is 11.2. The second-order valence-electron chi connectivity index (χ2n) is 5.24. The van der Waals surface area contributed by atoms with Gasteiger partial charge in [0, 0.05) is 0 Å². The maximum Gasteiger partial charge on any atom is 0.168 e. The Bertz CT molecular complexity index is 449. The van der Waals surface area contributed by atoms with Crippen LogP contribution in [-0.4, -0.2) is 12.7 Å². The monoisotopic (exact) mass is 262 g/mol. The first-order chi connectivity index (χ1) is 8.88. The van der Waals surface area contributed by atoms with E-state index in [4.69, 9.17) is 4.84 Å². The molecular formula is C15H20NO3-. The zero-order chi connectivity index (χ0) is 14.5. The van der Waals surface area contributed by atoms with E-state index >= 15 is 0 Å². The smallest absolute Gasteiger partial charge is 0.168 e. The lowest BCUT2D eigenvalue weighted by molar-refractivity contribution is -0.254. The van der Waals surface area contributed by atoms with Crippen molar-refractivity contribution in [2.75, 3.05) is 11.7 Å².